The first-order chi connectivity index (χ1) is 11.9. The predicted octanol–water partition coefficient (Wildman–Crippen LogP) is 2.78. The Bertz CT molecular complexity index is 765. The molecular formula is C18H22ClN3O2S. The topological polar surface area (TPSA) is 65.5 Å². The maximum Gasteiger partial charge on any atom is 0.251 e. The van der Waals surface area contributed by atoms with Gasteiger partial charge in [-0.05, 0) is 38.0 Å². The Morgan fingerprint density at radius 3 is 2.92 bits per heavy atom. The third-order valence-corrected chi connectivity index (χ3v) is 5.70. The van der Waals surface area contributed by atoms with Crippen LogP contribution in [0.25, 0.3) is 0 Å². The number of piperidine rings is 1. The van der Waals surface area contributed by atoms with Crippen molar-refractivity contribution < 1.29 is 9.90 Å². The zero-order chi connectivity index (χ0) is 18.0. The number of hydrogen-bond donors (Lipinski definition) is 2. The number of nitrogens with zero attached hydrogens (tertiary/aromatic N) is 2. The molecule has 2 atom stereocenters. The molecule has 0 spiro atoms. The molecule has 1 saturated heterocycles. The normalized spacial score (nSPS) is 21.3. The SMILES string of the molecule is Cc1nc(CN2CC[C@@H](NC(=O)c3ccc(C)c(Cl)c3)[C@H](O)C2)cs1. The van der Waals surface area contributed by atoms with Gasteiger partial charge < -0.3 is 10.4 Å². The van der Waals surface area contributed by atoms with Crippen molar-refractivity contribution in [3.05, 3.63) is 50.4 Å². The number of thiazole rings is 1. The Labute approximate surface area is 156 Å². The lowest BCUT2D eigenvalue weighted by atomic mass is 10.0. The van der Waals surface area contributed by atoms with Crippen LogP contribution in [0.1, 0.15) is 33.0 Å². The molecule has 0 saturated carbocycles. The average Bonchev–Trinajstić information content (AvgIpc) is 2.97. The van der Waals surface area contributed by atoms with Crippen LogP contribution in [0.3, 0.4) is 0 Å². The number of halogens is 1. The number of aromatic nitrogens is 1. The Hall–Kier alpha value is -1.47. The Balaban J connectivity index is 1.56. The van der Waals surface area contributed by atoms with E-state index in [1.807, 2.05) is 19.9 Å². The molecule has 2 aromatic rings. The average molecular weight is 380 g/mol. The van der Waals surface area contributed by atoms with Crippen molar-refractivity contribution in [3.63, 3.8) is 0 Å². The summed E-state index contributed by atoms with van der Waals surface area (Å²) in [6, 6.07) is 4.99. The standard InChI is InChI=1S/C18H22ClN3O2S/c1-11-3-4-13(7-15(11)19)18(24)21-16-5-6-22(9-17(16)23)8-14-10-25-12(2)20-14/h3-4,7,10,16-17,23H,5-6,8-9H2,1-2H3,(H,21,24)/t16-,17-/m1/s1. The van der Waals surface area contributed by atoms with Crippen molar-refractivity contribution in [2.45, 2.75) is 39.0 Å². The summed E-state index contributed by atoms with van der Waals surface area (Å²) in [7, 11) is 0. The Kier molecular flexibility index (Phi) is 5.74. The highest BCUT2D eigenvalue weighted by Crippen LogP contribution is 2.19. The number of β-amino-alcohol motifs (C(OH)–C–C–N with tert-alkyl or cyclic N) is 1. The number of benzene rings is 1. The molecule has 1 amide bonds. The number of carbonyl (C=O) groups excluding carboxylic acids is 1. The van der Waals surface area contributed by atoms with Gasteiger partial charge in [0.15, 0.2) is 0 Å². The molecule has 0 radical (unpaired) electrons. The van der Waals surface area contributed by atoms with Crippen LogP contribution in [0, 0.1) is 13.8 Å². The van der Waals surface area contributed by atoms with E-state index < -0.39 is 6.10 Å². The summed E-state index contributed by atoms with van der Waals surface area (Å²) >= 11 is 7.72. The zero-order valence-electron chi connectivity index (χ0n) is 14.3. The molecule has 0 unspecified atom stereocenters. The number of amides is 1. The first kappa shape index (κ1) is 18.3. The summed E-state index contributed by atoms with van der Waals surface area (Å²) in [6.45, 7) is 5.95. The monoisotopic (exact) mass is 379 g/mol. The number of aryl methyl sites for hydroxylation is 2. The van der Waals surface area contributed by atoms with E-state index in [0.717, 1.165) is 29.4 Å². The molecule has 1 fully saturated rings. The van der Waals surface area contributed by atoms with Crippen LogP contribution < -0.4 is 5.32 Å². The summed E-state index contributed by atoms with van der Waals surface area (Å²) in [4.78, 5) is 19.0. The number of nitrogens with one attached hydrogen (secondary N) is 1. The number of rotatable bonds is 4. The molecule has 2 heterocycles. The maximum absolute atomic E-state index is 12.4. The van der Waals surface area contributed by atoms with Gasteiger partial charge in [0.05, 0.1) is 22.8 Å². The number of aliphatic hydroxyl groups is 1. The third kappa shape index (κ3) is 4.58. The smallest absolute Gasteiger partial charge is 0.251 e. The molecule has 134 valence electrons. The van der Waals surface area contributed by atoms with Gasteiger partial charge in [0.1, 0.15) is 0 Å². The number of aliphatic hydroxyl groups excluding tert-OH is 1. The molecule has 2 N–H and O–H groups in total. The summed E-state index contributed by atoms with van der Waals surface area (Å²) in [5.74, 6) is -0.200. The molecule has 0 aliphatic carbocycles. The van der Waals surface area contributed by atoms with E-state index in [2.05, 4.69) is 20.6 Å². The number of carbonyl (C=O) groups is 1. The van der Waals surface area contributed by atoms with Crippen molar-refractivity contribution >= 4 is 28.8 Å². The van der Waals surface area contributed by atoms with Crippen molar-refractivity contribution in [1.29, 1.82) is 0 Å². The van der Waals surface area contributed by atoms with Gasteiger partial charge in [0.2, 0.25) is 0 Å². The summed E-state index contributed by atoms with van der Waals surface area (Å²) in [5, 5.41) is 17.0. The second-order valence-corrected chi connectivity index (χ2v) is 7.96. The van der Waals surface area contributed by atoms with E-state index >= 15 is 0 Å². The highest BCUT2D eigenvalue weighted by Gasteiger charge is 2.29. The number of hydrogen-bond acceptors (Lipinski definition) is 5. The largest absolute Gasteiger partial charge is 0.390 e. The van der Waals surface area contributed by atoms with Gasteiger partial charge in [-0.25, -0.2) is 4.98 Å². The summed E-state index contributed by atoms with van der Waals surface area (Å²) in [5.41, 5.74) is 2.48. The van der Waals surface area contributed by atoms with Gasteiger partial charge in [0.25, 0.3) is 5.91 Å². The fourth-order valence-electron chi connectivity index (χ4n) is 3.00. The first-order valence-electron chi connectivity index (χ1n) is 8.31. The maximum atomic E-state index is 12.4. The predicted molar refractivity (Wildman–Crippen MR) is 100 cm³/mol. The summed E-state index contributed by atoms with van der Waals surface area (Å²) in [6.07, 6.45) is 0.105. The minimum Gasteiger partial charge on any atom is -0.390 e. The third-order valence-electron chi connectivity index (χ3n) is 4.47. The van der Waals surface area contributed by atoms with E-state index in [4.69, 9.17) is 11.6 Å². The molecular weight excluding hydrogens is 358 g/mol. The van der Waals surface area contributed by atoms with Crippen molar-refractivity contribution in [1.82, 2.24) is 15.2 Å². The highest BCUT2D eigenvalue weighted by atomic mass is 35.5. The molecule has 25 heavy (non-hydrogen) atoms. The Morgan fingerprint density at radius 1 is 1.48 bits per heavy atom. The van der Waals surface area contributed by atoms with Crippen LogP contribution in [0.5, 0.6) is 0 Å². The second-order valence-electron chi connectivity index (χ2n) is 6.49. The van der Waals surface area contributed by atoms with E-state index in [-0.39, 0.29) is 11.9 Å². The molecule has 5 nitrogen and oxygen atoms in total. The van der Waals surface area contributed by atoms with E-state index in [1.165, 1.54) is 0 Å². The minimum absolute atomic E-state index is 0.200. The molecule has 7 heteroatoms. The highest BCUT2D eigenvalue weighted by molar-refractivity contribution is 7.09. The lowest BCUT2D eigenvalue weighted by Crippen LogP contribution is -2.53. The van der Waals surface area contributed by atoms with Gasteiger partial charge in [0, 0.05) is 35.6 Å². The molecule has 1 aliphatic heterocycles. The molecule has 1 aromatic carbocycles. The van der Waals surface area contributed by atoms with Gasteiger partial charge in [-0.3, -0.25) is 9.69 Å². The molecule has 1 aromatic heterocycles. The summed E-state index contributed by atoms with van der Waals surface area (Å²) < 4.78 is 0. The van der Waals surface area contributed by atoms with E-state index in [0.29, 0.717) is 23.6 Å². The van der Waals surface area contributed by atoms with Crippen LogP contribution in [0.4, 0.5) is 0 Å². The molecule has 3 rings (SSSR count). The van der Waals surface area contributed by atoms with E-state index in [1.54, 1.807) is 23.5 Å². The van der Waals surface area contributed by atoms with Crippen LogP contribution in [-0.4, -0.2) is 46.1 Å². The van der Waals surface area contributed by atoms with Crippen molar-refractivity contribution in [3.8, 4) is 0 Å². The van der Waals surface area contributed by atoms with Gasteiger partial charge in [-0.15, -0.1) is 11.3 Å². The fraction of sp³-hybridized carbons (Fsp3) is 0.444. The van der Waals surface area contributed by atoms with Crippen molar-refractivity contribution in [2.75, 3.05) is 13.1 Å². The quantitative estimate of drug-likeness (QED) is 0.857. The van der Waals surface area contributed by atoms with Crippen LogP contribution in [0.15, 0.2) is 23.6 Å². The Morgan fingerprint density at radius 2 is 2.28 bits per heavy atom. The van der Waals surface area contributed by atoms with Gasteiger partial charge in [-0.1, -0.05) is 17.7 Å². The molecule has 0 bridgehead atoms. The van der Waals surface area contributed by atoms with Gasteiger partial charge >= 0.3 is 0 Å². The van der Waals surface area contributed by atoms with Crippen molar-refractivity contribution in [2.24, 2.45) is 0 Å². The van der Waals surface area contributed by atoms with Crippen LogP contribution in [-0.2, 0) is 6.54 Å². The number of likely N-dealkylation sites (tertiary alicyclic amines) is 1. The lowest BCUT2D eigenvalue weighted by molar-refractivity contribution is 0.0346. The molecule has 1 aliphatic rings. The zero-order valence-corrected chi connectivity index (χ0v) is 15.9. The van der Waals surface area contributed by atoms with E-state index in [9.17, 15) is 9.90 Å². The fourth-order valence-corrected chi connectivity index (χ4v) is 3.79. The van der Waals surface area contributed by atoms with Gasteiger partial charge in [-0.2, -0.15) is 0 Å². The minimum atomic E-state index is -0.599. The van der Waals surface area contributed by atoms with Crippen LogP contribution in [0.2, 0.25) is 5.02 Å². The van der Waals surface area contributed by atoms with Crippen LogP contribution >= 0.6 is 22.9 Å². The first-order valence-corrected chi connectivity index (χ1v) is 9.56. The lowest BCUT2D eigenvalue weighted by Gasteiger charge is -2.36. The second kappa shape index (κ2) is 7.83.